The largest absolute Gasteiger partial charge is 0.304 e. The van der Waals surface area contributed by atoms with Gasteiger partial charge in [-0.05, 0) is 49.9 Å². The second-order valence-corrected chi connectivity index (χ2v) is 6.50. The van der Waals surface area contributed by atoms with Gasteiger partial charge in [-0.2, -0.15) is 0 Å². The zero-order valence-electron chi connectivity index (χ0n) is 14.3. The number of amides is 1. The van der Waals surface area contributed by atoms with Gasteiger partial charge in [-0.15, -0.1) is 0 Å². The smallest absolute Gasteiger partial charge is 0.277 e. The summed E-state index contributed by atoms with van der Waals surface area (Å²) >= 11 is 0. The van der Waals surface area contributed by atoms with Crippen LogP contribution in [0, 0.1) is 6.92 Å². The van der Waals surface area contributed by atoms with E-state index in [1.54, 1.807) is 0 Å². The normalized spacial score (nSPS) is 16.6. The third-order valence-corrected chi connectivity index (χ3v) is 4.88. The highest BCUT2D eigenvalue weighted by molar-refractivity contribution is 6.08. The summed E-state index contributed by atoms with van der Waals surface area (Å²) in [6, 6.07) is 12.3. The number of hydrogen-bond donors (Lipinski definition) is 0. The Morgan fingerprint density at radius 3 is 2.83 bits per heavy atom. The third kappa shape index (κ3) is 2.06. The number of hydrogen-bond acceptors (Lipinski definition) is 2. The van der Waals surface area contributed by atoms with Crippen molar-refractivity contribution >= 4 is 17.2 Å². The molecular weight excluding hydrogens is 298 g/mol. The summed E-state index contributed by atoms with van der Waals surface area (Å²) in [4.78, 5) is 20.1. The van der Waals surface area contributed by atoms with Gasteiger partial charge < -0.3 is 4.90 Å². The number of aryl methyl sites for hydroxylation is 2. The molecule has 1 aliphatic heterocycles. The zero-order valence-corrected chi connectivity index (χ0v) is 14.3. The minimum atomic E-state index is 0.0439. The zero-order chi connectivity index (χ0) is 16.8. The molecule has 4 heteroatoms. The van der Waals surface area contributed by atoms with Gasteiger partial charge in [-0.1, -0.05) is 31.2 Å². The van der Waals surface area contributed by atoms with Gasteiger partial charge >= 0.3 is 0 Å². The fourth-order valence-electron chi connectivity index (χ4n) is 3.71. The Labute approximate surface area is 141 Å². The van der Waals surface area contributed by atoms with Gasteiger partial charge in [0.1, 0.15) is 11.3 Å². The van der Waals surface area contributed by atoms with Crippen LogP contribution in [0.4, 0.5) is 5.69 Å². The highest BCUT2D eigenvalue weighted by atomic mass is 16.2. The lowest BCUT2D eigenvalue weighted by Crippen LogP contribution is -2.37. The van der Waals surface area contributed by atoms with E-state index in [0.717, 1.165) is 35.4 Å². The molecule has 122 valence electrons. The summed E-state index contributed by atoms with van der Waals surface area (Å²) in [6.07, 6.45) is 3.58. The van der Waals surface area contributed by atoms with Crippen LogP contribution in [-0.2, 0) is 12.8 Å². The number of carbonyl (C=O) groups is 1. The molecule has 0 N–H and O–H groups in total. The molecule has 1 aliphatic rings. The summed E-state index contributed by atoms with van der Waals surface area (Å²) < 4.78 is 1.95. The molecule has 4 rings (SSSR count). The first-order chi connectivity index (χ1) is 11.6. The number of aromatic nitrogens is 2. The van der Waals surface area contributed by atoms with Gasteiger partial charge in [0.2, 0.25) is 0 Å². The molecule has 0 radical (unpaired) electrons. The monoisotopic (exact) mass is 319 g/mol. The molecule has 0 bridgehead atoms. The standard InChI is InChI=1S/C20H21N3O/c1-4-16-18(22-11-7-8-13(2)19(22)21-16)20(24)23-14(3)12-15-9-5-6-10-17(15)23/h5-11,14H,4,12H2,1-3H3. The average molecular weight is 319 g/mol. The van der Waals surface area contributed by atoms with Gasteiger partial charge in [0.25, 0.3) is 5.91 Å². The van der Waals surface area contributed by atoms with Gasteiger partial charge in [-0.3, -0.25) is 9.20 Å². The van der Waals surface area contributed by atoms with Gasteiger partial charge in [0, 0.05) is 17.9 Å². The van der Waals surface area contributed by atoms with E-state index < -0.39 is 0 Å². The molecule has 1 unspecified atom stereocenters. The molecule has 1 aromatic carbocycles. The Morgan fingerprint density at radius 2 is 2.04 bits per heavy atom. The first-order valence-electron chi connectivity index (χ1n) is 8.49. The Hall–Kier alpha value is -2.62. The van der Waals surface area contributed by atoms with Crippen LogP contribution in [0.5, 0.6) is 0 Å². The molecule has 1 atom stereocenters. The molecule has 0 fully saturated rings. The van der Waals surface area contributed by atoms with E-state index in [9.17, 15) is 4.79 Å². The minimum absolute atomic E-state index is 0.0439. The lowest BCUT2D eigenvalue weighted by atomic mass is 10.1. The van der Waals surface area contributed by atoms with E-state index >= 15 is 0 Å². The number of anilines is 1. The maximum absolute atomic E-state index is 13.5. The number of rotatable bonds is 2. The van der Waals surface area contributed by atoms with Crippen LogP contribution in [0.15, 0.2) is 42.6 Å². The second-order valence-electron chi connectivity index (χ2n) is 6.50. The SMILES string of the molecule is CCc1nc2c(C)cccn2c1C(=O)N1c2ccccc2CC1C. The Bertz CT molecular complexity index is 941. The van der Waals surface area contributed by atoms with E-state index in [2.05, 4.69) is 19.9 Å². The summed E-state index contributed by atoms with van der Waals surface area (Å²) in [5, 5.41) is 0. The van der Waals surface area contributed by atoms with E-state index in [1.807, 2.05) is 52.8 Å². The van der Waals surface area contributed by atoms with Crippen LogP contribution in [0.1, 0.15) is 41.2 Å². The van der Waals surface area contributed by atoms with Crippen molar-refractivity contribution in [3.05, 3.63) is 65.1 Å². The first-order valence-corrected chi connectivity index (χ1v) is 8.49. The summed E-state index contributed by atoms with van der Waals surface area (Å²) in [6.45, 7) is 6.19. The fraction of sp³-hybridized carbons (Fsp3) is 0.300. The van der Waals surface area contributed by atoms with Crippen LogP contribution in [0.25, 0.3) is 5.65 Å². The molecule has 0 spiro atoms. The van der Waals surface area contributed by atoms with Crippen molar-refractivity contribution in [2.45, 2.75) is 39.7 Å². The molecule has 0 aliphatic carbocycles. The number of pyridine rings is 1. The lowest BCUT2D eigenvalue weighted by molar-refractivity contribution is 0.0975. The van der Waals surface area contributed by atoms with Crippen molar-refractivity contribution in [1.29, 1.82) is 0 Å². The topological polar surface area (TPSA) is 37.6 Å². The molecule has 4 nitrogen and oxygen atoms in total. The van der Waals surface area contributed by atoms with Crippen molar-refractivity contribution in [1.82, 2.24) is 9.38 Å². The summed E-state index contributed by atoms with van der Waals surface area (Å²) in [5.74, 6) is 0.0439. The number of fused-ring (bicyclic) bond motifs is 2. The summed E-state index contributed by atoms with van der Waals surface area (Å²) in [7, 11) is 0. The highest BCUT2D eigenvalue weighted by Crippen LogP contribution is 2.33. The van der Waals surface area contributed by atoms with Crippen LogP contribution in [-0.4, -0.2) is 21.3 Å². The van der Waals surface area contributed by atoms with Crippen LogP contribution >= 0.6 is 0 Å². The molecule has 0 saturated carbocycles. The Balaban J connectivity index is 1.89. The maximum atomic E-state index is 13.5. The van der Waals surface area contributed by atoms with E-state index in [4.69, 9.17) is 4.98 Å². The van der Waals surface area contributed by atoms with E-state index in [1.165, 1.54) is 5.56 Å². The van der Waals surface area contributed by atoms with E-state index in [0.29, 0.717) is 5.69 Å². The van der Waals surface area contributed by atoms with Crippen molar-refractivity contribution in [3.63, 3.8) is 0 Å². The number of para-hydroxylation sites is 1. The first kappa shape index (κ1) is 14.9. The van der Waals surface area contributed by atoms with Gasteiger partial charge in [0.05, 0.1) is 5.69 Å². The number of carbonyl (C=O) groups excluding carboxylic acids is 1. The Kier molecular flexibility index (Phi) is 3.41. The predicted molar refractivity (Wildman–Crippen MR) is 95.7 cm³/mol. The molecule has 24 heavy (non-hydrogen) atoms. The number of nitrogens with zero attached hydrogens (tertiary/aromatic N) is 3. The van der Waals surface area contributed by atoms with Crippen molar-refractivity contribution in [3.8, 4) is 0 Å². The van der Waals surface area contributed by atoms with Gasteiger partial charge in [-0.25, -0.2) is 4.98 Å². The highest BCUT2D eigenvalue weighted by Gasteiger charge is 2.34. The minimum Gasteiger partial charge on any atom is -0.304 e. The fourth-order valence-corrected chi connectivity index (χ4v) is 3.71. The van der Waals surface area contributed by atoms with E-state index in [-0.39, 0.29) is 11.9 Å². The maximum Gasteiger partial charge on any atom is 0.277 e. The molecule has 3 aromatic rings. The quantitative estimate of drug-likeness (QED) is 0.720. The number of imidazole rings is 1. The second kappa shape index (κ2) is 5.48. The summed E-state index contributed by atoms with van der Waals surface area (Å²) in [5.41, 5.74) is 5.78. The third-order valence-electron chi connectivity index (χ3n) is 4.88. The van der Waals surface area contributed by atoms with Crippen LogP contribution in [0.2, 0.25) is 0 Å². The molecule has 0 saturated heterocycles. The molecule has 3 heterocycles. The van der Waals surface area contributed by atoms with Crippen molar-refractivity contribution in [2.75, 3.05) is 4.90 Å². The number of benzene rings is 1. The van der Waals surface area contributed by atoms with Crippen molar-refractivity contribution in [2.24, 2.45) is 0 Å². The van der Waals surface area contributed by atoms with Crippen molar-refractivity contribution < 1.29 is 4.79 Å². The lowest BCUT2D eigenvalue weighted by Gasteiger charge is -2.23. The molecular formula is C20H21N3O. The molecule has 1 amide bonds. The van der Waals surface area contributed by atoms with Crippen LogP contribution in [0.3, 0.4) is 0 Å². The Morgan fingerprint density at radius 1 is 1.25 bits per heavy atom. The predicted octanol–water partition coefficient (Wildman–Crippen LogP) is 3.80. The van der Waals surface area contributed by atoms with Crippen LogP contribution < -0.4 is 4.90 Å². The van der Waals surface area contributed by atoms with Gasteiger partial charge in [0.15, 0.2) is 0 Å². The average Bonchev–Trinajstić information content (AvgIpc) is 3.12. The molecule has 2 aromatic heterocycles.